The molecule has 0 atom stereocenters. The molecule has 26 heavy (non-hydrogen) atoms. The van der Waals surface area contributed by atoms with E-state index >= 15 is 0 Å². The van der Waals surface area contributed by atoms with Gasteiger partial charge in [0.15, 0.2) is 0 Å². The van der Waals surface area contributed by atoms with Crippen LogP contribution in [0.4, 0.5) is 11.4 Å². The number of nitrogens with two attached hydrogens (primary N) is 1. The lowest BCUT2D eigenvalue weighted by atomic mass is 10.1. The maximum Gasteiger partial charge on any atom is 0.255 e. The molecule has 0 saturated carbocycles. The van der Waals surface area contributed by atoms with Gasteiger partial charge in [-0.2, -0.15) is 4.31 Å². The van der Waals surface area contributed by atoms with Crippen LogP contribution < -0.4 is 11.1 Å². The number of carbonyl (C=O) groups excluding carboxylic acids is 1. The molecule has 1 fully saturated rings. The van der Waals surface area contributed by atoms with Gasteiger partial charge >= 0.3 is 0 Å². The van der Waals surface area contributed by atoms with E-state index in [1.807, 2.05) is 0 Å². The normalized spacial score (nSPS) is 15.6. The van der Waals surface area contributed by atoms with E-state index in [2.05, 4.69) is 5.32 Å². The highest BCUT2D eigenvalue weighted by atomic mass is 32.2. The molecular formula is C18H21N3O4S. The Kier molecular flexibility index (Phi) is 5.26. The third kappa shape index (κ3) is 3.72. The van der Waals surface area contributed by atoms with Crippen molar-refractivity contribution in [1.29, 1.82) is 0 Å². The van der Waals surface area contributed by atoms with E-state index in [0.29, 0.717) is 43.2 Å². The highest BCUT2D eigenvalue weighted by Crippen LogP contribution is 2.24. The summed E-state index contributed by atoms with van der Waals surface area (Å²) >= 11 is 0. The lowest BCUT2D eigenvalue weighted by molar-refractivity contribution is 0.0730. The first-order chi connectivity index (χ1) is 12.4. The van der Waals surface area contributed by atoms with Gasteiger partial charge in [0, 0.05) is 18.7 Å². The summed E-state index contributed by atoms with van der Waals surface area (Å²) in [7, 11) is -3.68. The van der Waals surface area contributed by atoms with Crippen molar-refractivity contribution in [3.63, 3.8) is 0 Å². The Morgan fingerprint density at radius 2 is 1.85 bits per heavy atom. The maximum absolute atomic E-state index is 12.9. The molecule has 0 aromatic heterocycles. The number of nitrogen functional groups attached to an aromatic ring is 1. The fourth-order valence-electron chi connectivity index (χ4n) is 2.75. The number of benzene rings is 2. The van der Waals surface area contributed by atoms with E-state index in [1.165, 1.54) is 10.4 Å². The molecule has 7 nitrogen and oxygen atoms in total. The van der Waals surface area contributed by atoms with Crippen LogP contribution in [-0.4, -0.2) is 44.9 Å². The lowest BCUT2D eigenvalue weighted by Crippen LogP contribution is -2.40. The molecule has 1 amide bonds. The number of hydrogen-bond donors (Lipinski definition) is 2. The number of carbonyl (C=O) groups is 1. The Hall–Kier alpha value is -2.42. The zero-order valence-electron chi connectivity index (χ0n) is 14.4. The van der Waals surface area contributed by atoms with Crippen LogP contribution in [0.3, 0.4) is 0 Å². The quantitative estimate of drug-likeness (QED) is 0.794. The van der Waals surface area contributed by atoms with E-state index in [-0.39, 0.29) is 10.5 Å². The van der Waals surface area contributed by atoms with Crippen molar-refractivity contribution in [1.82, 2.24) is 4.31 Å². The summed E-state index contributed by atoms with van der Waals surface area (Å²) in [5.41, 5.74) is 7.61. The van der Waals surface area contributed by atoms with Gasteiger partial charge in [-0.1, -0.05) is 18.2 Å². The van der Waals surface area contributed by atoms with E-state index < -0.39 is 15.9 Å². The molecule has 0 bridgehead atoms. The zero-order chi connectivity index (χ0) is 18.7. The van der Waals surface area contributed by atoms with Crippen LogP contribution in [0.25, 0.3) is 0 Å². The standard InChI is InChI=1S/C18H21N3O4S/c1-13-6-7-14(18(22)20-16-5-3-2-4-15(16)19)12-17(13)26(23,24)21-8-10-25-11-9-21/h2-7,12H,8-11,19H2,1H3,(H,20,22). The minimum absolute atomic E-state index is 0.132. The van der Waals surface area contributed by atoms with Gasteiger partial charge in [0.25, 0.3) is 5.91 Å². The highest BCUT2D eigenvalue weighted by molar-refractivity contribution is 7.89. The van der Waals surface area contributed by atoms with Gasteiger partial charge in [-0.3, -0.25) is 4.79 Å². The topological polar surface area (TPSA) is 102 Å². The second kappa shape index (κ2) is 7.45. The predicted molar refractivity (Wildman–Crippen MR) is 99.6 cm³/mol. The molecule has 0 radical (unpaired) electrons. The number of ether oxygens (including phenoxy) is 1. The molecule has 0 unspecified atom stereocenters. The van der Waals surface area contributed by atoms with Crippen molar-refractivity contribution in [2.45, 2.75) is 11.8 Å². The second-order valence-corrected chi connectivity index (χ2v) is 7.94. The third-order valence-electron chi connectivity index (χ3n) is 4.25. The number of morpholine rings is 1. The minimum atomic E-state index is -3.68. The summed E-state index contributed by atoms with van der Waals surface area (Å²) in [5.74, 6) is -0.415. The average molecular weight is 375 g/mol. The van der Waals surface area contributed by atoms with Crippen molar-refractivity contribution >= 4 is 27.3 Å². The first-order valence-electron chi connectivity index (χ1n) is 8.24. The van der Waals surface area contributed by atoms with Crippen molar-refractivity contribution in [3.8, 4) is 0 Å². The number of anilines is 2. The Morgan fingerprint density at radius 3 is 2.54 bits per heavy atom. The van der Waals surface area contributed by atoms with E-state index in [1.54, 1.807) is 43.3 Å². The summed E-state index contributed by atoms with van der Waals surface area (Å²) < 4.78 is 32.4. The Balaban J connectivity index is 1.90. The van der Waals surface area contributed by atoms with Gasteiger partial charge in [0.2, 0.25) is 10.0 Å². The number of sulfonamides is 1. The second-order valence-electron chi connectivity index (χ2n) is 6.04. The highest BCUT2D eigenvalue weighted by Gasteiger charge is 2.28. The molecule has 3 N–H and O–H groups in total. The van der Waals surface area contributed by atoms with Crippen LogP contribution in [0.15, 0.2) is 47.4 Å². The molecule has 8 heteroatoms. The van der Waals surface area contributed by atoms with Crippen molar-refractivity contribution in [2.75, 3.05) is 37.4 Å². The number of aryl methyl sites for hydroxylation is 1. The first-order valence-corrected chi connectivity index (χ1v) is 9.68. The summed E-state index contributed by atoms with van der Waals surface area (Å²) in [6.45, 7) is 3.05. The SMILES string of the molecule is Cc1ccc(C(=O)Nc2ccccc2N)cc1S(=O)(=O)N1CCOCC1. The number of amides is 1. The van der Waals surface area contributed by atoms with Crippen molar-refractivity contribution in [2.24, 2.45) is 0 Å². The van der Waals surface area contributed by atoms with Crippen molar-refractivity contribution in [3.05, 3.63) is 53.6 Å². The molecule has 1 heterocycles. The average Bonchev–Trinajstić information content (AvgIpc) is 2.64. The third-order valence-corrected chi connectivity index (χ3v) is 6.29. The predicted octanol–water partition coefficient (Wildman–Crippen LogP) is 1.85. The van der Waals surface area contributed by atoms with E-state index in [0.717, 1.165) is 0 Å². The minimum Gasteiger partial charge on any atom is -0.397 e. The number of nitrogens with one attached hydrogen (secondary N) is 1. The molecule has 0 aliphatic carbocycles. The number of rotatable bonds is 4. The maximum atomic E-state index is 12.9. The fourth-order valence-corrected chi connectivity index (χ4v) is 4.41. The molecule has 3 rings (SSSR count). The summed E-state index contributed by atoms with van der Waals surface area (Å²) in [6.07, 6.45) is 0. The van der Waals surface area contributed by atoms with Crippen LogP contribution in [0.5, 0.6) is 0 Å². The van der Waals surface area contributed by atoms with E-state index in [4.69, 9.17) is 10.5 Å². The molecule has 0 spiro atoms. The Labute approximate surface area is 152 Å². The van der Waals surface area contributed by atoms with Gasteiger partial charge in [-0.05, 0) is 36.8 Å². The number of para-hydroxylation sites is 2. The monoisotopic (exact) mass is 375 g/mol. The lowest BCUT2D eigenvalue weighted by Gasteiger charge is -2.26. The largest absolute Gasteiger partial charge is 0.397 e. The Morgan fingerprint density at radius 1 is 1.15 bits per heavy atom. The van der Waals surface area contributed by atoms with Crippen LogP contribution in [0.2, 0.25) is 0 Å². The Bertz CT molecular complexity index is 922. The number of nitrogens with zero attached hydrogens (tertiary/aromatic N) is 1. The molecular weight excluding hydrogens is 354 g/mol. The van der Waals surface area contributed by atoms with Crippen LogP contribution in [0.1, 0.15) is 15.9 Å². The van der Waals surface area contributed by atoms with Crippen LogP contribution >= 0.6 is 0 Å². The van der Waals surface area contributed by atoms with E-state index in [9.17, 15) is 13.2 Å². The van der Waals surface area contributed by atoms with Crippen LogP contribution in [0, 0.1) is 6.92 Å². The van der Waals surface area contributed by atoms with Gasteiger partial charge in [-0.15, -0.1) is 0 Å². The van der Waals surface area contributed by atoms with Gasteiger partial charge in [0.1, 0.15) is 0 Å². The van der Waals surface area contributed by atoms with Gasteiger partial charge < -0.3 is 15.8 Å². The summed E-state index contributed by atoms with van der Waals surface area (Å²) in [5, 5.41) is 2.71. The van der Waals surface area contributed by atoms with Crippen molar-refractivity contribution < 1.29 is 17.9 Å². The smallest absolute Gasteiger partial charge is 0.255 e. The fraction of sp³-hybridized carbons (Fsp3) is 0.278. The van der Waals surface area contributed by atoms with Gasteiger partial charge in [0.05, 0.1) is 29.5 Å². The summed E-state index contributed by atoms with van der Waals surface area (Å²) in [6, 6.07) is 11.5. The molecule has 1 aliphatic rings. The molecule has 2 aromatic carbocycles. The van der Waals surface area contributed by atoms with Crippen LogP contribution in [-0.2, 0) is 14.8 Å². The first kappa shape index (κ1) is 18.4. The number of hydrogen-bond acceptors (Lipinski definition) is 5. The zero-order valence-corrected chi connectivity index (χ0v) is 15.3. The summed E-state index contributed by atoms with van der Waals surface area (Å²) in [4.78, 5) is 12.7. The molecule has 2 aromatic rings. The molecule has 1 aliphatic heterocycles. The molecule has 138 valence electrons. The molecule has 1 saturated heterocycles. The van der Waals surface area contributed by atoms with Gasteiger partial charge in [-0.25, -0.2) is 8.42 Å².